The van der Waals surface area contributed by atoms with Gasteiger partial charge < -0.3 is 19.9 Å². The summed E-state index contributed by atoms with van der Waals surface area (Å²) in [6.07, 6.45) is 1.39. The molecule has 1 aliphatic rings. The van der Waals surface area contributed by atoms with Gasteiger partial charge in [0, 0.05) is 13.2 Å². The zero-order valence-corrected chi connectivity index (χ0v) is 11.8. The number of ether oxygens (including phenoxy) is 2. The Bertz CT molecular complexity index is 457. The van der Waals surface area contributed by atoms with E-state index in [1.807, 2.05) is 0 Å². The molecule has 5 nitrogen and oxygen atoms in total. The molecular formula is C15H20FNO4. The van der Waals surface area contributed by atoms with Gasteiger partial charge in [-0.15, -0.1) is 0 Å². The first-order valence-electron chi connectivity index (χ1n) is 7.02. The summed E-state index contributed by atoms with van der Waals surface area (Å²) < 4.78 is 23.3. The SMILES string of the molecule is O=C(CCOc1ccc(F)cc1)NC1(CO)CCOCC1. The van der Waals surface area contributed by atoms with Crippen LogP contribution in [0.4, 0.5) is 4.39 Å². The summed E-state index contributed by atoms with van der Waals surface area (Å²) >= 11 is 0. The number of halogens is 1. The largest absolute Gasteiger partial charge is 0.493 e. The van der Waals surface area contributed by atoms with Crippen LogP contribution in [0.2, 0.25) is 0 Å². The number of carbonyl (C=O) groups excluding carboxylic acids is 1. The third-order valence-electron chi connectivity index (χ3n) is 3.57. The van der Waals surface area contributed by atoms with Gasteiger partial charge in [-0.3, -0.25) is 4.79 Å². The zero-order chi connectivity index (χ0) is 15.1. The second kappa shape index (κ2) is 7.38. The van der Waals surface area contributed by atoms with Crippen molar-refractivity contribution in [2.75, 3.05) is 26.4 Å². The molecule has 0 saturated carbocycles. The van der Waals surface area contributed by atoms with Crippen molar-refractivity contribution in [3.05, 3.63) is 30.1 Å². The molecule has 0 bridgehead atoms. The summed E-state index contributed by atoms with van der Waals surface area (Å²) in [5.74, 6) is 0.0182. The summed E-state index contributed by atoms with van der Waals surface area (Å²) in [6, 6.07) is 5.64. The predicted octanol–water partition coefficient (Wildman–Crippen LogP) is 1.25. The maximum Gasteiger partial charge on any atom is 0.223 e. The molecule has 0 aromatic heterocycles. The molecule has 0 aliphatic carbocycles. The number of aliphatic hydroxyl groups excluding tert-OH is 1. The first-order chi connectivity index (χ1) is 10.1. The molecule has 2 rings (SSSR count). The fraction of sp³-hybridized carbons (Fsp3) is 0.533. The van der Waals surface area contributed by atoms with Gasteiger partial charge in [0.1, 0.15) is 11.6 Å². The quantitative estimate of drug-likeness (QED) is 0.829. The van der Waals surface area contributed by atoms with E-state index in [0.29, 0.717) is 31.8 Å². The summed E-state index contributed by atoms with van der Waals surface area (Å²) in [5.41, 5.74) is -0.578. The van der Waals surface area contributed by atoms with Crippen LogP contribution >= 0.6 is 0 Å². The van der Waals surface area contributed by atoms with Crippen LogP contribution in [0.5, 0.6) is 5.75 Å². The predicted molar refractivity (Wildman–Crippen MR) is 74.5 cm³/mol. The third-order valence-corrected chi connectivity index (χ3v) is 3.57. The number of hydrogen-bond donors (Lipinski definition) is 2. The van der Waals surface area contributed by atoms with Gasteiger partial charge in [0.2, 0.25) is 5.91 Å². The van der Waals surface area contributed by atoms with Crippen molar-refractivity contribution in [1.29, 1.82) is 0 Å². The highest BCUT2D eigenvalue weighted by atomic mass is 19.1. The monoisotopic (exact) mass is 297 g/mol. The lowest BCUT2D eigenvalue weighted by molar-refractivity contribution is -0.125. The van der Waals surface area contributed by atoms with E-state index in [1.54, 1.807) is 0 Å². The highest BCUT2D eigenvalue weighted by Crippen LogP contribution is 2.20. The molecule has 116 valence electrons. The fourth-order valence-electron chi connectivity index (χ4n) is 2.24. The van der Waals surface area contributed by atoms with Gasteiger partial charge in [0.05, 0.1) is 25.2 Å². The molecular weight excluding hydrogens is 277 g/mol. The summed E-state index contributed by atoms with van der Waals surface area (Å²) in [7, 11) is 0. The lowest BCUT2D eigenvalue weighted by Gasteiger charge is -2.36. The Morgan fingerprint density at radius 2 is 2.00 bits per heavy atom. The molecule has 6 heteroatoms. The fourth-order valence-corrected chi connectivity index (χ4v) is 2.24. The summed E-state index contributed by atoms with van der Waals surface area (Å²) in [6.45, 7) is 1.18. The standard InChI is InChI=1S/C15H20FNO4/c16-12-1-3-13(4-2-12)21-8-5-14(19)17-15(11-18)6-9-20-10-7-15/h1-4,18H,5-11H2,(H,17,19). The molecule has 21 heavy (non-hydrogen) atoms. The van der Waals surface area contributed by atoms with E-state index in [9.17, 15) is 14.3 Å². The first-order valence-corrected chi connectivity index (χ1v) is 7.02. The molecule has 1 fully saturated rings. The molecule has 1 aromatic carbocycles. The topological polar surface area (TPSA) is 67.8 Å². The van der Waals surface area contributed by atoms with Gasteiger partial charge in [-0.1, -0.05) is 0 Å². The van der Waals surface area contributed by atoms with Crippen LogP contribution in [0.25, 0.3) is 0 Å². The lowest BCUT2D eigenvalue weighted by Crippen LogP contribution is -2.54. The van der Waals surface area contributed by atoms with Crippen molar-refractivity contribution in [2.45, 2.75) is 24.8 Å². The van der Waals surface area contributed by atoms with Crippen LogP contribution < -0.4 is 10.1 Å². The van der Waals surface area contributed by atoms with Gasteiger partial charge in [-0.05, 0) is 37.1 Å². The molecule has 0 radical (unpaired) electrons. The molecule has 1 aromatic rings. The average molecular weight is 297 g/mol. The van der Waals surface area contributed by atoms with Crippen molar-refractivity contribution in [1.82, 2.24) is 5.32 Å². The Morgan fingerprint density at radius 1 is 1.33 bits per heavy atom. The minimum Gasteiger partial charge on any atom is -0.493 e. The van der Waals surface area contributed by atoms with Crippen molar-refractivity contribution < 1.29 is 23.8 Å². The van der Waals surface area contributed by atoms with E-state index in [1.165, 1.54) is 24.3 Å². The van der Waals surface area contributed by atoms with Crippen LogP contribution in [0, 0.1) is 5.82 Å². The molecule has 1 saturated heterocycles. The van der Waals surface area contributed by atoms with Crippen LogP contribution in [-0.2, 0) is 9.53 Å². The third kappa shape index (κ3) is 4.68. The van der Waals surface area contributed by atoms with Crippen LogP contribution in [-0.4, -0.2) is 43.0 Å². The Balaban J connectivity index is 1.75. The average Bonchev–Trinajstić information content (AvgIpc) is 2.50. The number of benzene rings is 1. The van der Waals surface area contributed by atoms with Crippen LogP contribution in [0.15, 0.2) is 24.3 Å². The zero-order valence-electron chi connectivity index (χ0n) is 11.8. The highest BCUT2D eigenvalue weighted by molar-refractivity contribution is 5.77. The van der Waals surface area contributed by atoms with Crippen LogP contribution in [0.3, 0.4) is 0 Å². The smallest absolute Gasteiger partial charge is 0.223 e. The Morgan fingerprint density at radius 3 is 2.62 bits per heavy atom. The van der Waals surface area contributed by atoms with E-state index in [4.69, 9.17) is 9.47 Å². The number of amides is 1. The number of hydrogen-bond acceptors (Lipinski definition) is 4. The second-order valence-electron chi connectivity index (χ2n) is 5.15. The van der Waals surface area contributed by atoms with Gasteiger partial charge in [0.25, 0.3) is 0 Å². The van der Waals surface area contributed by atoms with Crippen molar-refractivity contribution in [2.24, 2.45) is 0 Å². The van der Waals surface area contributed by atoms with E-state index < -0.39 is 5.54 Å². The van der Waals surface area contributed by atoms with Crippen molar-refractivity contribution >= 4 is 5.91 Å². The van der Waals surface area contributed by atoms with Crippen molar-refractivity contribution in [3.8, 4) is 5.75 Å². The minimum atomic E-state index is -0.578. The Labute approximate surface area is 123 Å². The summed E-state index contributed by atoms with van der Waals surface area (Å²) in [4.78, 5) is 11.9. The van der Waals surface area contributed by atoms with Crippen molar-refractivity contribution in [3.63, 3.8) is 0 Å². The number of carbonyl (C=O) groups is 1. The molecule has 2 N–H and O–H groups in total. The Kier molecular flexibility index (Phi) is 5.52. The molecule has 0 unspecified atom stereocenters. The lowest BCUT2D eigenvalue weighted by atomic mass is 9.91. The van der Waals surface area contributed by atoms with E-state index in [-0.39, 0.29) is 31.4 Å². The van der Waals surface area contributed by atoms with E-state index >= 15 is 0 Å². The number of aliphatic hydroxyl groups is 1. The van der Waals surface area contributed by atoms with E-state index in [0.717, 1.165) is 0 Å². The Hall–Kier alpha value is -1.66. The van der Waals surface area contributed by atoms with Gasteiger partial charge >= 0.3 is 0 Å². The number of rotatable bonds is 6. The molecule has 1 heterocycles. The normalized spacial score (nSPS) is 17.2. The number of nitrogens with one attached hydrogen (secondary N) is 1. The summed E-state index contributed by atoms with van der Waals surface area (Å²) in [5, 5.41) is 12.4. The van der Waals surface area contributed by atoms with Gasteiger partial charge in [-0.2, -0.15) is 0 Å². The maximum absolute atomic E-state index is 12.7. The minimum absolute atomic E-state index is 0.0963. The second-order valence-corrected chi connectivity index (χ2v) is 5.15. The van der Waals surface area contributed by atoms with Gasteiger partial charge in [-0.25, -0.2) is 4.39 Å². The van der Waals surface area contributed by atoms with Gasteiger partial charge in [0.15, 0.2) is 0 Å². The molecule has 0 spiro atoms. The maximum atomic E-state index is 12.7. The van der Waals surface area contributed by atoms with Crippen LogP contribution in [0.1, 0.15) is 19.3 Å². The molecule has 0 atom stereocenters. The highest BCUT2D eigenvalue weighted by Gasteiger charge is 2.33. The molecule has 1 aliphatic heterocycles. The molecule has 1 amide bonds. The first kappa shape index (κ1) is 15.7. The van der Waals surface area contributed by atoms with E-state index in [2.05, 4.69) is 5.32 Å².